The molecule has 0 saturated carbocycles. The highest BCUT2D eigenvalue weighted by molar-refractivity contribution is 5.74. The summed E-state index contributed by atoms with van der Waals surface area (Å²) in [6.07, 6.45) is 4.61. The number of nitrogens with one attached hydrogen (secondary N) is 1. The molecular weight excluding hydrogens is 232 g/mol. The molecule has 0 radical (unpaired) electrons. The van der Waals surface area contributed by atoms with Crippen LogP contribution in [0.1, 0.15) is 19.3 Å². The van der Waals surface area contributed by atoms with Crippen molar-refractivity contribution in [1.29, 1.82) is 0 Å². The highest BCUT2D eigenvalue weighted by Crippen LogP contribution is 2.15. The number of carbonyl (C=O) groups excluding carboxylic acids is 1. The lowest BCUT2D eigenvalue weighted by Crippen LogP contribution is -2.46. The van der Waals surface area contributed by atoms with Crippen molar-refractivity contribution in [2.45, 2.75) is 19.3 Å². The van der Waals surface area contributed by atoms with E-state index in [1.165, 1.54) is 0 Å². The molecule has 0 aromatic carbocycles. The first kappa shape index (κ1) is 15.0. The summed E-state index contributed by atoms with van der Waals surface area (Å²) in [5, 5.41) is 11.9. The van der Waals surface area contributed by atoms with Crippen molar-refractivity contribution in [1.82, 2.24) is 10.2 Å². The molecule has 1 unspecified atom stereocenters. The van der Waals surface area contributed by atoms with Gasteiger partial charge in [-0.2, -0.15) is 0 Å². The third-order valence-electron chi connectivity index (χ3n) is 3.05. The molecule has 5 heteroatoms. The molecule has 1 heterocycles. The van der Waals surface area contributed by atoms with Crippen LogP contribution < -0.4 is 5.32 Å². The number of nitrogens with zero attached hydrogens (tertiary/aromatic N) is 1. The maximum atomic E-state index is 11.8. The Labute approximate surface area is 109 Å². The highest BCUT2D eigenvalue weighted by Gasteiger charge is 2.22. The first-order valence-electron chi connectivity index (χ1n) is 6.60. The topological polar surface area (TPSA) is 61.8 Å². The van der Waals surface area contributed by atoms with Crippen molar-refractivity contribution in [2.75, 3.05) is 39.5 Å². The molecule has 2 amide bonds. The van der Waals surface area contributed by atoms with Gasteiger partial charge in [-0.1, -0.05) is 6.08 Å². The first-order valence-corrected chi connectivity index (χ1v) is 6.60. The lowest BCUT2D eigenvalue weighted by atomic mass is 9.99. The van der Waals surface area contributed by atoms with Gasteiger partial charge in [0.1, 0.15) is 0 Å². The van der Waals surface area contributed by atoms with Gasteiger partial charge in [-0.15, -0.1) is 6.58 Å². The van der Waals surface area contributed by atoms with E-state index in [-0.39, 0.29) is 18.6 Å². The predicted octanol–water partition coefficient (Wildman–Crippen LogP) is 0.993. The minimum absolute atomic E-state index is 0.0551. The van der Waals surface area contributed by atoms with E-state index in [0.717, 1.165) is 25.8 Å². The van der Waals surface area contributed by atoms with E-state index in [1.807, 2.05) is 0 Å². The fourth-order valence-corrected chi connectivity index (χ4v) is 2.01. The Hall–Kier alpha value is -1.07. The summed E-state index contributed by atoms with van der Waals surface area (Å²) in [5.74, 6) is 0.230. The Morgan fingerprint density at radius 2 is 2.39 bits per heavy atom. The second-order valence-corrected chi connectivity index (χ2v) is 4.56. The van der Waals surface area contributed by atoms with E-state index < -0.39 is 0 Å². The van der Waals surface area contributed by atoms with Crippen molar-refractivity contribution < 1.29 is 14.6 Å². The number of hydrogen-bond acceptors (Lipinski definition) is 3. The molecule has 0 aliphatic carbocycles. The molecular formula is C13H24N2O3. The SMILES string of the molecule is C=CCCOCCNC(=O)N1CCCC(CO)C1. The second-order valence-electron chi connectivity index (χ2n) is 4.56. The van der Waals surface area contributed by atoms with Gasteiger partial charge < -0.3 is 20.1 Å². The fourth-order valence-electron chi connectivity index (χ4n) is 2.01. The van der Waals surface area contributed by atoms with Crippen LogP contribution in [0, 0.1) is 5.92 Å². The zero-order valence-electron chi connectivity index (χ0n) is 10.9. The molecule has 1 fully saturated rings. The number of rotatable bonds is 7. The van der Waals surface area contributed by atoms with Gasteiger partial charge in [0, 0.05) is 26.2 Å². The molecule has 1 atom stereocenters. The number of likely N-dealkylation sites (tertiary alicyclic amines) is 1. The standard InChI is InChI=1S/C13H24N2O3/c1-2-3-8-18-9-6-14-13(17)15-7-4-5-12(10-15)11-16/h2,12,16H,1,3-11H2,(H,14,17). The number of ether oxygens (including phenoxy) is 1. The third kappa shape index (κ3) is 5.51. The smallest absolute Gasteiger partial charge is 0.317 e. The lowest BCUT2D eigenvalue weighted by Gasteiger charge is -2.31. The van der Waals surface area contributed by atoms with Crippen LogP contribution in [0.3, 0.4) is 0 Å². The molecule has 2 N–H and O–H groups in total. The summed E-state index contributed by atoms with van der Waals surface area (Å²) >= 11 is 0. The van der Waals surface area contributed by atoms with Gasteiger partial charge in [0.05, 0.1) is 13.2 Å². The van der Waals surface area contributed by atoms with E-state index in [0.29, 0.717) is 26.3 Å². The third-order valence-corrected chi connectivity index (χ3v) is 3.05. The van der Waals surface area contributed by atoms with E-state index in [1.54, 1.807) is 11.0 Å². The summed E-state index contributed by atoms with van der Waals surface area (Å²) < 4.78 is 5.31. The van der Waals surface area contributed by atoms with Gasteiger partial charge in [0.2, 0.25) is 0 Å². The van der Waals surface area contributed by atoms with E-state index in [9.17, 15) is 4.79 Å². The van der Waals surface area contributed by atoms with Crippen LogP contribution in [0.5, 0.6) is 0 Å². The monoisotopic (exact) mass is 256 g/mol. The van der Waals surface area contributed by atoms with Crippen molar-refractivity contribution in [3.05, 3.63) is 12.7 Å². The quantitative estimate of drug-likeness (QED) is 0.527. The maximum absolute atomic E-state index is 11.8. The predicted molar refractivity (Wildman–Crippen MR) is 70.4 cm³/mol. The number of carbonyl (C=O) groups is 1. The normalized spacial score (nSPS) is 19.6. The molecule has 0 bridgehead atoms. The lowest BCUT2D eigenvalue weighted by molar-refractivity contribution is 0.121. The van der Waals surface area contributed by atoms with Crippen LogP contribution in [0.2, 0.25) is 0 Å². The first-order chi connectivity index (χ1) is 8.77. The average Bonchev–Trinajstić information content (AvgIpc) is 2.42. The number of aliphatic hydroxyl groups is 1. The van der Waals surface area contributed by atoms with Gasteiger partial charge in [0.15, 0.2) is 0 Å². The molecule has 1 rings (SSSR count). The van der Waals surface area contributed by atoms with Crippen molar-refractivity contribution >= 4 is 6.03 Å². The zero-order valence-corrected chi connectivity index (χ0v) is 10.9. The van der Waals surface area contributed by atoms with Crippen LogP contribution in [-0.2, 0) is 4.74 Å². The van der Waals surface area contributed by atoms with E-state index in [4.69, 9.17) is 9.84 Å². The minimum atomic E-state index is -0.0551. The highest BCUT2D eigenvalue weighted by atomic mass is 16.5. The summed E-state index contributed by atoms with van der Waals surface area (Å²) in [7, 11) is 0. The number of urea groups is 1. The van der Waals surface area contributed by atoms with Gasteiger partial charge in [-0.3, -0.25) is 0 Å². The van der Waals surface area contributed by atoms with Crippen LogP contribution in [0.25, 0.3) is 0 Å². The summed E-state index contributed by atoms with van der Waals surface area (Å²) in [6, 6.07) is -0.0551. The van der Waals surface area contributed by atoms with Gasteiger partial charge in [-0.25, -0.2) is 4.79 Å². The van der Waals surface area contributed by atoms with E-state index in [2.05, 4.69) is 11.9 Å². The van der Waals surface area contributed by atoms with Gasteiger partial charge in [-0.05, 0) is 25.2 Å². The number of hydrogen-bond donors (Lipinski definition) is 2. The molecule has 0 aromatic rings. The number of amides is 2. The van der Waals surface area contributed by atoms with Crippen LogP contribution in [-0.4, -0.2) is 55.5 Å². The van der Waals surface area contributed by atoms with E-state index >= 15 is 0 Å². The van der Waals surface area contributed by atoms with Crippen LogP contribution >= 0.6 is 0 Å². The molecule has 0 spiro atoms. The Kier molecular flexibility index (Phi) is 7.44. The van der Waals surface area contributed by atoms with Crippen molar-refractivity contribution in [3.63, 3.8) is 0 Å². The fraction of sp³-hybridized carbons (Fsp3) is 0.769. The number of aliphatic hydroxyl groups excluding tert-OH is 1. The molecule has 104 valence electrons. The Bertz CT molecular complexity index is 259. The molecule has 1 saturated heterocycles. The second kappa shape index (κ2) is 8.94. The molecule has 1 aliphatic rings. The average molecular weight is 256 g/mol. The summed E-state index contributed by atoms with van der Waals surface area (Å²) in [5.41, 5.74) is 0. The Balaban J connectivity index is 2.10. The Morgan fingerprint density at radius 1 is 1.56 bits per heavy atom. The summed E-state index contributed by atoms with van der Waals surface area (Å²) in [4.78, 5) is 13.6. The van der Waals surface area contributed by atoms with Gasteiger partial charge >= 0.3 is 6.03 Å². The minimum Gasteiger partial charge on any atom is -0.396 e. The van der Waals surface area contributed by atoms with Gasteiger partial charge in [0.25, 0.3) is 0 Å². The maximum Gasteiger partial charge on any atom is 0.317 e. The van der Waals surface area contributed by atoms with Crippen molar-refractivity contribution in [3.8, 4) is 0 Å². The molecule has 1 aliphatic heterocycles. The zero-order chi connectivity index (χ0) is 13.2. The number of piperidine rings is 1. The largest absolute Gasteiger partial charge is 0.396 e. The molecule has 18 heavy (non-hydrogen) atoms. The Morgan fingerprint density at radius 3 is 3.11 bits per heavy atom. The van der Waals surface area contributed by atoms with Crippen LogP contribution in [0.15, 0.2) is 12.7 Å². The van der Waals surface area contributed by atoms with Crippen LogP contribution in [0.4, 0.5) is 4.79 Å². The summed E-state index contributed by atoms with van der Waals surface area (Å²) in [6.45, 7) is 6.89. The van der Waals surface area contributed by atoms with Crippen molar-refractivity contribution in [2.24, 2.45) is 5.92 Å². The molecule has 5 nitrogen and oxygen atoms in total. The molecule has 0 aromatic heterocycles.